The van der Waals surface area contributed by atoms with Crippen molar-refractivity contribution in [1.29, 1.82) is 5.26 Å². The number of benzene rings is 1. The molecule has 1 N–H and O–H groups in total. The number of aromatic nitrogens is 1. The van der Waals surface area contributed by atoms with Crippen molar-refractivity contribution >= 4 is 17.0 Å². The molecule has 0 saturated carbocycles. The van der Waals surface area contributed by atoms with E-state index in [1.165, 1.54) is 0 Å². The first kappa shape index (κ1) is 11.6. The average molecular weight is 243 g/mol. The molecule has 0 amide bonds. The quantitative estimate of drug-likeness (QED) is 0.900. The minimum absolute atomic E-state index is 0.655. The highest BCUT2D eigenvalue weighted by atomic mass is 32.1. The molecule has 0 atom stereocenters. The van der Waals surface area contributed by atoms with Gasteiger partial charge in [0.1, 0.15) is 6.07 Å². The van der Waals surface area contributed by atoms with Gasteiger partial charge < -0.3 is 5.32 Å². The maximum atomic E-state index is 9.01. The number of nitriles is 1. The van der Waals surface area contributed by atoms with Crippen molar-refractivity contribution in [2.24, 2.45) is 0 Å². The number of hydrogen-bond donors (Lipinski definition) is 1. The molecule has 17 heavy (non-hydrogen) atoms. The Bertz CT molecular complexity index is 566. The number of rotatable bonds is 3. The molecule has 1 aromatic heterocycles. The standard InChI is InChI=1S/C13H13N3S/c1-9-3-4-11(6-14)13(5-9)15-7-12-8-17-10(2)16-12/h3-5,8,15H,7H2,1-2H3. The van der Waals surface area contributed by atoms with Gasteiger partial charge >= 0.3 is 0 Å². The van der Waals surface area contributed by atoms with Gasteiger partial charge in [-0.3, -0.25) is 0 Å². The molecule has 1 heterocycles. The topological polar surface area (TPSA) is 48.7 Å². The van der Waals surface area contributed by atoms with Gasteiger partial charge in [0.05, 0.1) is 28.5 Å². The summed E-state index contributed by atoms with van der Waals surface area (Å²) in [5, 5.41) is 15.4. The zero-order valence-corrected chi connectivity index (χ0v) is 10.6. The number of thiazole rings is 1. The van der Waals surface area contributed by atoms with E-state index in [9.17, 15) is 0 Å². The SMILES string of the molecule is Cc1ccc(C#N)c(NCc2csc(C)n2)c1. The molecule has 2 aromatic rings. The van der Waals surface area contributed by atoms with Crippen molar-refractivity contribution in [2.75, 3.05) is 5.32 Å². The largest absolute Gasteiger partial charge is 0.378 e. The van der Waals surface area contributed by atoms with Crippen molar-refractivity contribution < 1.29 is 0 Å². The van der Waals surface area contributed by atoms with Gasteiger partial charge in [-0.05, 0) is 31.5 Å². The monoisotopic (exact) mass is 243 g/mol. The second-order valence-corrected chi connectivity index (χ2v) is 4.93. The van der Waals surface area contributed by atoms with Gasteiger partial charge in [-0.1, -0.05) is 6.07 Å². The maximum Gasteiger partial charge on any atom is 0.101 e. The van der Waals surface area contributed by atoms with Crippen LogP contribution in [0.1, 0.15) is 21.8 Å². The molecule has 86 valence electrons. The Kier molecular flexibility index (Phi) is 3.40. The first-order chi connectivity index (χ1) is 8.19. The van der Waals surface area contributed by atoms with Crippen LogP contribution in [0.5, 0.6) is 0 Å². The lowest BCUT2D eigenvalue weighted by Crippen LogP contribution is -2.02. The highest BCUT2D eigenvalue weighted by Gasteiger charge is 2.03. The number of hydrogen-bond acceptors (Lipinski definition) is 4. The van der Waals surface area contributed by atoms with Crippen LogP contribution in [-0.4, -0.2) is 4.98 Å². The molecule has 2 rings (SSSR count). The van der Waals surface area contributed by atoms with E-state index in [2.05, 4.69) is 16.4 Å². The molecule has 0 fully saturated rings. The molecule has 4 heteroatoms. The van der Waals surface area contributed by atoms with E-state index in [1.807, 2.05) is 37.4 Å². The number of nitrogens with zero attached hydrogens (tertiary/aromatic N) is 2. The van der Waals surface area contributed by atoms with Crippen LogP contribution in [0, 0.1) is 25.2 Å². The fraction of sp³-hybridized carbons (Fsp3) is 0.231. The molecule has 0 aliphatic heterocycles. The zero-order valence-electron chi connectivity index (χ0n) is 9.82. The summed E-state index contributed by atoms with van der Waals surface area (Å²) in [6.07, 6.45) is 0. The van der Waals surface area contributed by atoms with E-state index in [-0.39, 0.29) is 0 Å². The van der Waals surface area contributed by atoms with Crippen LogP contribution in [0.4, 0.5) is 5.69 Å². The zero-order chi connectivity index (χ0) is 12.3. The molecular formula is C13H13N3S. The lowest BCUT2D eigenvalue weighted by atomic mass is 10.1. The van der Waals surface area contributed by atoms with Crippen LogP contribution in [0.25, 0.3) is 0 Å². The molecule has 0 bridgehead atoms. The Hall–Kier alpha value is -1.86. The third kappa shape index (κ3) is 2.83. The Morgan fingerprint density at radius 1 is 1.41 bits per heavy atom. The summed E-state index contributed by atoms with van der Waals surface area (Å²) in [7, 11) is 0. The first-order valence-electron chi connectivity index (χ1n) is 5.34. The average Bonchev–Trinajstić information content (AvgIpc) is 2.73. The number of nitrogens with one attached hydrogen (secondary N) is 1. The van der Waals surface area contributed by atoms with Crippen molar-refractivity contribution in [3.05, 3.63) is 45.4 Å². The van der Waals surface area contributed by atoms with Crippen molar-refractivity contribution in [2.45, 2.75) is 20.4 Å². The predicted octanol–water partition coefficient (Wildman–Crippen LogP) is 3.24. The van der Waals surface area contributed by atoms with Crippen LogP contribution in [-0.2, 0) is 6.54 Å². The summed E-state index contributed by atoms with van der Waals surface area (Å²) in [5.74, 6) is 0. The third-order valence-electron chi connectivity index (χ3n) is 2.42. The van der Waals surface area contributed by atoms with Gasteiger partial charge in [0.15, 0.2) is 0 Å². The van der Waals surface area contributed by atoms with Crippen LogP contribution < -0.4 is 5.32 Å². The van der Waals surface area contributed by atoms with Gasteiger partial charge in [-0.15, -0.1) is 11.3 Å². The van der Waals surface area contributed by atoms with Crippen LogP contribution in [0.2, 0.25) is 0 Å². The second-order valence-electron chi connectivity index (χ2n) is 3.87. The molecular weight excluding hydrogens is 230 g/mol. The van der Waals surface area contributed by atoms with E-state index in [1.54, 1.807) is 11.3 Å². The smallest absolute Gasteiger partial charge is 0.101 e. The molecule has 0 radical (unpaired) electrons. The maximum absolute atomic E-state index is 9.01. The minimum atomic E-state index is 0.655. The van der Waals surface area contributed by atoms with Crippen LogP contribution in [0.15, 0.2) is 23.6 Å². The lowest BCUT2D eigenvalue weighted by molar-refractivity contribution is 1.05. The summed E-state index contributed by atoms with van der Waals surface area (Å²) in [6, 6.07) is 7.95. The molecule has 3 nitrogen and oxygen atoms in total. The lowest BCUT2D eigenvalue weighted by Gasteiger charge is -2.07. The molecule has 0 unspecified atom stereocenters. The van der Waals surface area contributed by atoms with Gasteiger partial charge in [-0.2, -0.15) is 5.26 Å². The highest BCUT2D eigenvalue weighted by molar-refractivity contribution is 7.09. The minimum Gasteiger partial charge on any atom is -0.378 e. The van der Waals surface area contributed by atoms with Crippen molar-refractivity contribution in [3.8, 4) is 6.07 Å². The van der Waals surface area contributed by atoms with Gasteiger partial charge in [0, 0.05) is 5.38 Å². The summed E-state index contributed by atoms with van der Waals surface area (Å²) < 4.78 is 0. The summed E-state index contributed by atoms with van der Waals surface area (Å²) in [4.78, 5) is 4.38. The van der Waals surface area contributed by atoms with Crippen LogP contribution >= 0.6 is 11.3 Å². The Labute approximate surface area is 105 Å². The van der Waals surface area contributed by atoms with Crippen molar-refractivity contribution in [1.82, 2.24) is 4.98 Å². The Morgan fingerprint density at radius 3 is 2.88 bits per heavy atom. The van der Waals surface area contributed by atoms with E-state index in [0.717, 1.165) is 22.0 Å². The first-order valence-corrected chi connectivity index (χ1v) is 6.22. The Morgan fingerprint density at radius 2 is 2.24 bits per heavy atom. The summed E-state index contributed by atoms with van der Waals surface area (Å²) >= 11 is 1.64. The summed E-state index contributed by atoms with van der Waals surface area (Å²) in [5.41, 5.74) is 3.69. The van der Waals surface area contributed by atoms with Crippen LogP contribution in [0.3, 0.4) is 0 Å². The van der Waals surface area contributed by atoms with Gasteiger partial charge in [-0.25, -0.2) is 4.98 Å². The molecule has 0 aliphatic rings. The number of anilines is 1. The number of aryl methyl sites for hydroxylation is 2. The molecule has 0 aliphatic carbocycles. The fourth-order valence-electron chi connectivity index (χ4n) is 1.58. The van der Waals surface area contributed by atoms with Crippen molar-refractivity contribution in [3.63, 3.8) is 0 Å². The van der Waals surface area contributed by atoms with Gasteiger partial charge in [0.25, 0.3) is 0 Å². The highest BCUT2D eigenvalue weighted by Crippen LogP contribution is 2.18. The van der Waals surface area contributed by atoms with E-state index < -0.39 is 0 Å². The Balaban J connectivity index is 2.13. The third-order valence-corrected chi connectivity index (χ3v) is 3.24. The normalized spacial score (nSPS) is 9.94. The van der Waals surface area contributed by atoms with E-state index in [0.29, 0.717) is 12.1 Å². The molecule has 1 aromatic carbocycles. The second kappa shape index (κ2) is 4.98. The fourth-order valence-corrected chi connectivity index (χ4v) is 2.19. The summed E-state index contributed by atoms with van der Waals surface area (Å²) in [6.45, 7) is 4.66. The van der Waals surface area contributed by atoms with E-state index >= 15 is 0 Å². The molecule has 0 saturated heterocycles. The predicted molar refractivity (Wildman–Crippen MR) is 70.1 cm³/mol. The van der Waals surface area contributed by atoms with Gasteiger partial charge in [0.2, 0.25) is 0 Å². The molecule has 0 spiro atoms. The van der Waals surface area contributed by atoms with E-state index in [4.69, 9.17) is 5.26 Å².